The number of fused-ring (bicyclic) bond motifs is 3. The minimum absolute atomic E-state index is 0.000233. The molecule has 6 N–H and O–H groups in total. The maximum atomic E-state index is 12.1. The van der Waals surface area contributed by atoms with E-state index in [-0.39, 0.29) is 41.1 Å². The zero-order valence-corrected chi connectivity index (χ0v) is 27.6. The summed E-state index contributed by atoms with van der Waals surface area (Å²) in [5.41, 5.74) is 6.08. The molecule has 44 heavy (non-hydrogen) atoms. The van der Waals surface area contributed by atoms with Crippen LogP contribution in [0.5, 0.6) is 0 Å². The number of nitrogens with zero attached hydrogens (tertiary/aromatic N) is 1. The number of nitrogens with two attached hydrogens (primary N) is 1. The number of nitrogens with one attached hydrogen (secondary N) is 1. The van der Waals surface area contributed by atoms with E-state index in [4.69, 9.17) is 19.9 Å². The van der Waals surface area contributed by atoms with Crippen LogP contribution in [-0.2, 0) is 19.0 Å². The van der Waals surface area contributed by atoms with Crippen LogP contribution in [0.2, 0.25) is 0 Å². The highest BCUT2D eigenvalue weighted by molar-refractivity contribution is 5.67. The highest BCUT2D eigenvalue weighted by atomic mass is 16.7. The van der Waals surface area contributed by atoms with Gasteiger partial charge in [-0.1, -0.05) is 13.8 Å². The molecule has 6 fully saturated rings. The van der Waals surface area contributed by atoms with Crippen LogP contribution in [0, 0.1) is 40.4 Å². The first kappa shape index (κ1) is 33.1. The number of aliphatic hydroxyl groups is 2. The number of carbonyl (C=O) groups is 1. The average Bonchev–Trinajstić information content (AvgIpc) is 3.17. The topological polar surface area (TPSA) is 147 Å². The molecule has 10 nitrogen and oxygen atoms in total. The Labute approximate surface area is 263 Å². The van der Waals surface area contributed by atoms with Gasteiger partial charge in [-0.25, -0.2) is 0 Å². The van der Waals surface area contributed by atoms with Crippen molar-refractivity contribution in [1.82, 2.24) is 10.2 Å². The molecule has 4 aliphatic carbocycles. The predicted molar refractivity (Wildman–Crippen MR) is 165 cm³/mol. The van der Waals surface area contributed by atoms with Gasteiger partial charge < -0.3 is 40.2 Å². The molecule has 2 saturated heterocycles. The molecule has 0 aromatic rings. The molecule has 0 spiro atoms. The number of carboxylic acids is 1. The van der Waals surface area contributed by atoms with Gasteiger partial charge in [-0.3, -0.25) is 10.1 Å². The summed E-state index contributed by atoms with van der Waals surface area (Å²) in [6.07, 6.45) is 7.28. The summed E-state index contributed by atoms with van der Waals surface area (Å²) in [5.74, 6) is 1.22. The van der Waals surface area contributed by atoms with Gasteiger partial charge in [0.25, 0.3) is 0 Å². The Kier molecular flexibility index (Phi) is 9.25. The second-order valence-electron chi connectivity index (χ2n) is 16.2. The fourth-order valence-corrected chi connectivity index (χ4v) is 11.5. The lowest BCUT2D eigenvalue weighted by Gasteiger charge is -2.67. The second kappa shape index (κ2) is 12.3. The van der Waals surface area contributed by atoms with Crippen molar-refractivity contribution >= 4 is 5.97 Å². The van der Waals surface area contributed by atoms with E-state index >= 15 is 0 Å². The first-order chi connectivity index (χ1) is 20.8. The lowest BCUT2D eigenvalue weighted by Crippen LogP contribution is -2.69. The molecule has 2 heterocycles. The lowest BCUT2D eigenvalue weighted by molar-refractivity contribution is -0.303. The standard InChI is InChI=1S/C34H59N3O7/c1-19-28(40)27(35)29(41)31(42-19)43-21-9-12-32(2)20(17-21)7-8-25-24(32)10-13-33(3)23-11-14-34(25,33)44-30(22(23)18-26(38)39)36-15-6-16-37(4)5/h19-25,27-31,36,40-41H,6-18,35H2,1-5H3,(H,38,39)/t19-,20+,21-,22+,23+,24-,25+,27-,28-,29+,30-,31-,32-,33+,34-/m0/s1. The fraction of sp³-hybridized carbons (Fsp3) is 0.971. The van der Waals surface area contributed by atoms with Crippen LogP contribution in [0.1, 0.15) is 91.4 Å². The minimum Gasteiger partial charge on any atom is -0.481 e. The summed E-state index contributed by atoms with van der Waals surface area (Å²) < 4.78 is 19.6. The van der Waals surface area contributed by atoms with E-state index in [1.54, 1.807) is 6.92 Å². The average molecular weight is 622 g/mol. The largest absolute Gasteiger partial charge is 0.481 e. The van der Waals surface area contributed by atoms with Crippen molar-refractivity contribution in [3.63, 3.8) is 0 Å². The van der Waals surface area contributed by atoms with E-state index in [9.17, 15) is 20.1 Å². The van der Waals surface area contributed by atoms with Gasteiger partial charge in [0.05, 0.1) is 36.4 Å². The molecule has 0 unspecified atom stereocenters. The summed E-state index contributed by atoms with van der Waals surface area (Å²) in [5, 5.41) is 34.5. The van der Waals surface area contributed by atoms with Crippen molar-refractivity contribution in [2.24, 2.45) is 46.2 Å². The fourth-order valence-electron chi connectivity index (χ4n) is 11.5. The molecule has 0 aromatic carbocycles. The lowest BCUT2D eigenvalue weighted by atomic mass is 9.42. The van der Waals surface area contributed by atoms with E-state index in [0.717, 1.165) is 70.9 Å². The summed E-state index contributed by atoms with van der Waals surface area (Å²) >= 11 is 0. The third kappa shape index (κ3) is 5.37. The number of carboxylic acid groups (broad SMARTS) is 1. The molecule has 0 radical (unpaired) electrons. The van der Waals surface area contributed by atoms with Crippen molar-refractivity contribution in [2.75, 3.05) is 27.2 Å². The summed E-state index contributed by atoms with van der Waals surface area (Å²) in [6, 6.07) is -0.782. The Morgan fingerprint density at radius 1 is 1.02 bits per heavy atom. The molecule has 0 amide bonds. The Bertz CT molecular complexity index is 1050. The maximum absolute atomic E-state index is 12.1. The Hall–Kier alpha value is -0.850. The molecule has 10 heteroatoms. The summed E-state index contributed by atoms with van der Waals surface area (Å²) in [7, 11) is 4.17. The molecule has 2 aliphatic heterocycles. The molecule has 252 valence electrons. The number of aliphatic carboxylic acids is 1. The Balaban J connectivity index is 1.18. The van der Waals surface area contributed by atoms with Crippen molar-refractivity contribution in [3.05, 3.63) is 0 Å². The van der Waals surface area contributed by atoms with Gasteiger partial charge in [0.1, 0.15) is 12.3 Å². The van der Waals surface area contributed by atoms with E-state index in [1.807, 2.05) is 0 Å². The van der Waals surface area contributed by atoms with Gasteiger partial charge >= 0.3 is 5.97 Å². The third-order valence-corrected chi connectivity index (χ3v) is 13.8. The van der Waals surface area contributed by atoms with E-state index in [0.29, 0.717) is 23.7 Å². The molecule has 6 rings (SSSR count). The number of hydrogen-bond donors (Lipinski definition) is 5. The molecular weight excluding hydrogens is 562 g/mol. The quantitative estimate of drug-likeness (QED) is 0.192. The summed E-state index contributed by atoms with van der Waals surface area (Å²) in [4.78, 5) is 14.3. The first-order valence-electron chi connectivity index (χ1n) is 17.5. The van der Waals surface area contributed by atoms with E-state index in [2.05, 4.69) is 38.2 Å². The van der Waals surface area contributed by atoms with Crippen molar-refractivity contribution in [1.29, 1.82) is 0 Å². The monoisotopic (exact) mass is 621 g/mol. The molecular formula is C34H59N3O7. The van der Waals surface area contributed by atoms with Crippen LogP contribution in [0.4, 0.5) is 0 Å². The van der Waals surface area contributed by atoms with Gasteiger partial charge in [-0.05, 0) is 127 Å². The maximum Gasteiger partial charge on any atom is 0.303 e. The smallest absolute Gasteiger partial charge is 0.303 e. The number of hydrogen-bond acceptors (Lipinski definition) is 9. The van der Waals surface area contributed by atoms with Gasteiger partial charge in [0.2, 0.25) is 0 Å². The van der Waals surface area contributed by atoms with Crippen LogP contribution in [0.25, 0.3) is 0 Å². The highest BCUT2D eigenvalue weighted by Crippen LogP contribution is 2.73. The highest BCUT2D eigenvalue weighted by Gasteiger charge is 2.72. The molecule has 15 atom stereocenters. The second-order valence-corrected chi connectivity index (χ2v) is 16.2. The van der Waals surface area contributed by atoms with Crippen LogP contribution >= 0.6 is 0 Å². The zero-order valence-electron chi connectivity index (χ0n) is 27.6. The molecule has 6 aliphatic rings. The van der Waals surface area contributed by atoms with Gasteiger partial charge in [-0.15, -0.1) is 0 Å². The SMILES string of the molecule is C[C@@H]1O[C@@H](O[C@H]2CC[C@@]3(C)[C@H](CC[C@@H]4[C@@H]3CC[C@]3(C)[C@@H]5CC[C@]43O[C@H](NCCCN(C)C)[C@@H]5CC(=O)O)C2)[C@H](O)[C@@H](N)[C@H]1O. The first-order valence-corrected chi connectivity index (χ1v) is 17.5. The van der Waals surface area contributed by atoms with Crippen LogP contribution < -0.4 is 11.1 Å². The van der Waals surface area contributed by atoms with E-state index in [1.165, 1.54) is 6.42 Å². The number of ether oxygens (including phenoxy) is 3. The van der Waals surface area contributed by atoms with E-state index < -0.39 is 36.6 Å². The Morgan fingerprint density at radius 2 is 1.77 bits per heavy atom. The molecule has 4 saturated carbocycles. The molecule has 0 aromatic heterocycles. The van der Waals surface area contributed by atoms with Crippen LogP contribution in [-0.4, -0.2) is 102 Å². The normalized spacial score (nSPS) is 51.8. The number of aliphatic hydroxyl groups excluding tert-OH is 2. The van der Waals surface area contributed by atoms with Gasteiger partial charge in [-0.2, -0.15) is 0 Å². The van der Waals surface area contributed by atoms with Crippen molar-refractivity contribution in [2.45, 2.75) is 140 Å². The zero-order chi connectivity index (χ0) is 31.6. The minimum atomic E-state index is -1.05. The van der Waals surface area contributed by atoms with Crippen LogP contribution in [0.15, 0.2) is 0 Å². The third-order valence-electron chi connectivity index (χ3n) is 13.8. The van der Waals surface area contributed by atoms with Gasteiger partial charge in [0, 0.05) is 11.3 Å². The van der Waals surface area contributed by atoms with Crippen molar-refractivity contribution < 1.29 is 34.3 Å². The Morgan fingerprint density at radius 3 is 2.50 bits per heavy atom. The van der Waals surface area contributed by atoms with Crippen molar-refractivity contribution in [3.8, 4) is 0 Å². The molecule has 2 bridgehead atoms. The van der Waals surface area contributed by atoms with Gasteiger partial charge in [0.15, 0.2) is 6.29 Å². The summed E-state index contributed by atoms with van der Waals surface area (Å²) in [6.45, 7) is 8.55. The van der Waals surface area contributed by atoms with Crippen LogP contribution in [0.3, 0.4) is 0 Å². The number of rotatable bonds is 9. The predicted octanol–water partition coefficient (Wildman–Crippen LogP) is 2.94.